The van der Waals surface area contributed by atoms with Crippen LogP contribution >= 0.6 is 10.2 Å². The van der Waals surface area contributed by atoms with E-state index >= 15 is 0 Å². The van der Waals surface area contributed by atoms with Crippen LogP contribution in [0.4, 0.5) is 11.4 Å². The van der Waals surface area contributed by atoms with Gasteiger partial charge in [0, 0.05) is 35.0 Å². The molecule has 4 heteroatoms. The third kappa shape index (κ3) is 11.0. The van der Waals surface area contributed by atoms with Crippen LogP contribution in [-0.2, 0) is 14.6 Å². The van der Waals surface area contributed by atoms with E-state index in [4.69, 9.17) is 0 Å². The summed E-state index contributed by atoms with van der Waals surface area (Å²) < 4.78 is 0. The zero-order chi connectivity index (χ0) is 49.9. The van der Waals surface area contributed by atoms with Crippen LogP contribution in [0.3, 0.4) is 0 Å². The number of rotatable bonds is 14. The topological polar surface area (TPSA) is 6.48 Å². The Morgan fingerprint density at radius 3 is 0.622 bits per heavy atom. The van der Waals surface area contributed by atoms with E-state index < -0.39 is 0 Å². The van der Waals surface area contributed by atoms with Gasteiger partial charge in [0.15, 0.2) is 0 Å². The first-order valence-electron chi connectivity index (χ1n) is 25.0. The average molecular weight is 1020 g/mol. The van der Waals surface area contributed by atoms with E-state index in [1.165, 1.54) is 89.3 Å². The quantitative estimate of drug-likeness (QED) is 0.0608. The molecule has 0 saturated heterocycles. The predicted molar refractivity (Wildman–Crippen MR) is 308 cm³/mol. The molecule has 0 aromatic heterocycles. The van der Waals surface area contributed by atoms with E-state index in [1.807, 2.05) is 0 Å². The summed E-state index contributed by atoms with van der Waals surface area (Å²) in [6, 6.07) is 98.1. The zero-order valence-corrected chi connectivity index (χ0v) is 43.8. The number of benzene rings is 10. The Labute approximate surface area is 451 Å². The Morgan fingerprint density at radius 2 is 0.459 bits per heavy atom. The van der Waals surface area contributed by atoms with Gasteiger partial charge in [-0.1, -0.05) is 278 Å². The van der Waals surface area contributed by atoms with Gasteiger partial charge in [-0.25, -0.2) is 0 Å². The molecule has 0 unspecified atom stereocenters. The van der Waals surface area contributed by atoms with Crippen molar-refractivity contribution in [2.45, 2.75) is 37.5 Å². The summed E-state index contributed by atoms with van der Waals surface area (Å²) in [7, 11) is 4.26. The summed E-state index contributed by atoms with van der Waals surface area (Å²) in [6.45, 7) is 6.88. The first-order valence-corrected chi connectivity index (χ1v) is 26.4. The second-order valence-electron chi connectivity index (χ2n) is 18.8. The number of hydrogen-bond acceptors (Lipinski definition) is 2. The van der Waals surface area contributed by atoms with Gasteiger partial charge in [0.25, 0.3) is 0 Å². The van der Waals surface area contributed by atoms with Crippen LogP contribution in [0, 0.1) is 27.9 Å². The molecule has 0 saturated carbocycles. The summed E-state index contributed by atoms with van der Waals surface area (Å²) in [5.74, 6) is -0.220. The SMILES string of the molecule is Cc1cc(C(c2ccccc2)c2ccccc2)c(N2C=CN(c3c(C(c4ccccc4)c4ccccc4)cc(C)cc3C(c3ccccc3)c3ccccc3)[CH-]2)c(C(c2ccccc2)c2ccccc2)c1.[CH3-].[Cl][Ni]. The van der Waals surface area contributed by atoms with E-state index in [1.54, 1.807) is 0 Å². The van der Waals surface area contributed by atoms with Crippen LogP contribution in [0.1, 0.15) is 102 Å². The molecule has 0 bridgehead atoms. The first kappa shape index (κ1) is 51.2. The van der Waals surface area contributed by atoms with Crippen molar-refractivity contribution in [2.24, 2.45) is 0 Å². The molecule has 0 spiro atoms. The van der Waals surface area contributed by atoms with E-state index in [9.17, 15) is 0 Å². The minimum absolute atomic E-state index is 0. The summed E-state index contributed by atoms with van der Waals surface area (Å²) in [5, 5.41) is 0. The van der Waals surface area contributed by atoms with Gasteiger partial charge in [-0.3, -0.25) is 0 Å². The molecule has 1 aliphatic rings. The fourth-order valence-corrected chi connectivity index (χ4v) is 11.1. The molecule has 0 aliphatic carbocycles. The maximum atomic E-state index is 4.26. The monoisotopic (exact) mass is 1020 g/mol. The average Bonchev–Trinajstić information content (AvgIpc) is 3.94. The molecule has 0 N–H and O–H groups in total. The van der Waals surface area contributed by atoms with Crippen LogP contribution < -0.4 is 9.80 Å². The maximum absolute atomic E-state index is 4.26. The van der Waals surface area contributed by atoms with Gasteiger partial charge >= 0.3 is 24.8 Å². The van der Waals surface area contributed by atoms with Crippen LogP contribution in [-0.4, -0.2) is 0 Å². The van der Waals surface area contributed by atoms with Crippen molar-refractivity contribution in [1.29, 1.82) is 0 Å². The van der Waals surface area contributed by atoms with Crippen molar-refractivity contribution in [2.75, 3.05) is 9.80 Å². The minimum atomic E-state index is -0.0549. The van der Waals surface area contributed by atoms with E-state index in [-0.39, 0.29) is 31.1 Å². The molecule has 10 aromatic carbocycles. The normalized spacial score (nSPS) is 12.0. The molecule has 369 valence electrons. The zero-order valence-electron chi connectivity index (χ0n) is 42.0. The first-order chi connectivity index (χ1) is 36.1. The number of hydrogen-bond donors (Lipinski definition) is 0. The molecule has 0 radical (unpaired) electrons. The summed E-state index contributed by atoms with van der Waals surface area (Å²) in [6.07, 6.45) is 4.59. The number of halogens is 1. The van der Waals surface area contributed by atoms with Crippen molar-refractivity contribution in [3.63, 3.8) is 0 Å². The molecule has 0 atom stereocenters. The van der Waals surface area contributed by atoms with Crippen LogP contribution in [0.15, 0.2) is 279 Å². The summed E-state index contributed by atoms with van der Waals surface area (Å²) in [5.41, 5.74) is 19.8. The standard InChI is InChI=1S/C69H57N2.CH3.ClH.Ni/c1-50-45-60(64(52-27-11-3-12-28-52)53-29-13-4-14-30-53)68(61(46-50)65(54-31-15-5-16-32-54)55-33-17-6-18-34-55)70-43-44-71(49-70)69-62(66(56-35-19-7-20-36-56)57-37-21-8-22-38-57)47-51(2)48-63(69)67(58-39-23-9-24-40-58)59-41-25-10-26-42-59;;;/h3-49,64-67H,1-2H3;1H3;1H;/q2*-1;;+1/p-1. The third-order valence-electron chi connectivity index (χ3n) is 14.1. The Morgan fingerprint density at radius 1 is 0.297 bits per heavy atom. The van der Waals surface area contributed by atoms with Gasteiger partial charge in [0.05, 0.1) is 0 Å². The molecule has 10 aromatic rings. The fraction of sp³-hybridized carbons (Fsp3) is 0.0857. The van der Waals surface area contributed by atoms with Crippen molar-refractivity contribution in [1.82, 2.24) is 0 Å². The molecule has 1 aliphatic heterocycles. The van der Waals surface area contributed by atoms with Crippen LogP contribution in [0.5, 0.6) is 0 Å². The molecular weight excluding hydrogens is 963 g/mol. The van der Waals surface area contributed by atoms with Crippen LogP contribution in [0.2, 0.25) is 0 Å². The second-order valence-corrected chi connectivity index (χ2v) is 18.8. The number of nitrogens with zero attached hydrogens (tertiary/aromatic N) is 2. The summed E-state index contributed by atoms with van der Waals surface area (Å²) in [4.78, 5) is 4.85. The van der Waals surface area contributed by atoms with Gasteiger partial charge < -0.3 is 17.2 Å². The van der Waals surface area contributed by atoms with Crippen molar-refractivity contribution < 1.29 is 14.6 Å². The van der Waals surface area contributed by atoms with E-state index in [0.29, 0.717) is 0 Å². The third-order valence-corrected chi connectivity index (χ3v) is 14.1. The Kier molecular flexibility index (Phi) is 16.9. The predicted octanol–water partition coefficient (Wildman–Crippen LogP) is 18.1. The molecule has 0 fully saturated rings. The van der Waals surface area contributed by atoms with Gasteiger partial charge in [0.2, 0.25) is 0 Å². The molecule has 11 rings (SSSR count). The molecule has 0 amide bonds. The van der Waals surface area contributed by atoms with Crippen molar-refractivity contribution in [3.05, 3.63) is 371 Å². The molecule has 74 heavy (non-hydrogen) atoms. The van der Waals surface area contributed by atoms with E-state index in [2.05, 4.69) is 334 Å². The van der Waals surface area contributed by atoms with Gasteiger partial charge in [-0.2, -0.15) is 0 Å². The summed E-state index contributed by atoms with van der Waals surface area (Å²) >= 11 is 3.35. The second kappa shape index (κ2) is 24.4. The Balaban J connectivity index is 0.00000222. The van der Waals surface area contributed by atoms with Gasteiger partial charge in [-0.15, -0.1) is 6.67 Å². The van der Waals surface area contributed by atoms with Gasteiger partial charge in [-0.05, 0) is 93.0 Å². The molecule has 2 nitrogen and oxygen atoms in total. The van der Waals surface area contributed by atoms with Crippen molar-refractivity contribution in [3.8, 4) is 0 Å². The molecular formula is C70H60ClN2Ni-2. The number of aryl methyl sites for hydroxylation is 2. The Hall–Kier alpha value is -7.68. The van der Waals surface area contributed by atoms with Gasteiger partial charge in [0.1, 0.15) is 0 Å². The van der Waals surface area contributed by atoms with Crippen LogP contribution in [0.25, 0.3) is 0 Å². The fourth-order valence-electron chi connectivity index (χ4n) is 11.1. The van der Waals surface area contributed by atoms with E-state index in [0.717, 1.165) is 0 Å². The molecule has 1 heterocycles. The number of anilines is 2. The Bertz CT molecular complexity index is 2760. The van der Waals surface area contributed by atoms with Crippen molar-refractivity contribution >= 4 is 21.6 Å².